The molecule has 1 aliphatic heterocycles. The molecule has 20 heavy (non-hydrogen) atoms. The molecule has 1 aromatic carbocycles. The Bertz CT molecular complexity index is 481. The standard InChI is InChI=1S/C15H22N4O/c1-11(16)18-9-12-4-2-5-13(8-12)10-19-15(20)14-6-3-7-17-14/h2,4-5,8,14,17H,3,6-7,9-10H2,1H3,(H2,16,18)(H,19,20)/t14-/m0/s1. The minimum atomic E-state index is -0.0274. The maximum absolute atomic E-state index is 11.9. The molecule has 1 amide bonds. The predicted octanol–water partition coefficient (Wildman–Crippen LogP) is 1.14. The number of nitrogens with one attached hydrogen (secondary N) is 4. The van der Waals surface area contributed by atoms with Crippen LogP contribution in [0.25, 0.3) is 0 Å². The van der Waals surface area contributed by atoms with Gasteiger partial charge in [0.15, 0.2) is 0 Å². The summed E-state index contributed by atoms with van der Waals surface area (Å²) in [5.41, 5.74) is 2.20. The van der Waals surface area contributed by atoms with Crippen LogP contribution in [0.15, 0.2) is 24.3 Å². The highest BCUT2D eigenvalue weighted by Gasteiger charge is 2.21. The fourth-order valence-corrected chi connectivity index (χ4v) is 2.30. The van der Waals surface area contributed by atoms with E-state index < -0.39 is 0 Å². The molecule has 5 nitrogen and oxygen atoms in total. The first-order valence-electron chi connectivity index (χ1n) is 7.03. The summed E-state index contributed by atoms with van der Waals surface area (Å²) < 4.78 is 0. The number of carbonyl (C=O) groups excluding carboxylic acids is 1. The zero-order valence-corrected chi connectivity index (χ0v) is 11.8. The Morgan fingerprint density at radius 2 is 2.05 bits per heavy atom. The van der Waals surface area contributed by atoms with E-state index in [-0.39, 0.29) is 11.9 Å². The summed E-state index contributed by atoms with van der Waals surface area (Å²) in [5.74, 6) is 0.539. The Balaban J connectivity index is 1.84. The van der Waals surface area contributed by atoms with E-state index >= 15 is 0 Å². The highest BCUT2D eigenvalue weighted by molar-refractivity contribution is 5.82. The van der Waals surface area contributed by atoms with Crippen LogP contribution in [0.3, 0.4) is 0 Å². The zero-order valence-electron chi connectivity index (χ0n) is 11.8. The third-order valence-corrected chi connectivity index (χ3v) is 3.39. The molecule has 0 unspecified atom stereocenters. The molecular formula is C15H22N4O. The molecule has 5 heteroatoms. The summed E-state index contributed by atoms with van der Waals surface area (Å²) >= 11 is 0. The van der Waals surface area contributed by atoms with Crippen LogP contribution in [0.4, 0.5) is 0 Å². The second kappa shape index (κ2) is 7.05. The van der Waals surface area contributed by atoms with Gasteiger partial charge < -0.3 is 16.0 Å². The first kappa shape index (κ1) is 14.5. The number of hydrogen-bond donors (Lipinski definition) is 4. The summed E-state index contributed by atoms with van der Waals surface area (Å²) in [7, 11) is 0. The van der Waals surface area contributed by atoms with Crippen molar-refractivity contribution in [3.63, 3.8) is 0 Å². The zero-order chi connectivity index (χ0) is 14.4. The average Bonchev–Trinajstić information content (AvgIpc) is 2.97. The van der Waals surface area contributed by atoms with E-state index in [1.807, 2.05) is 18.2 Å². The molecule has 2 rings (SSSR count). The number of amides is 1. The lowest BCUT2D eigenvalue weighted by Gasteiger charge is -2.12. The van der Waals surface area contributed by atoms with Crippen LogP contribution in [0.2, 0.25) is 0 Å². The highest BCUT2D eigenvalue weighted by Crippen LogP contribution is 2.07. The van der Waals surface area contributed by atoms with Crippen LogP contribution in [0.5, 0.6) is 0 Å². The normalized spacial score (nSPS) is 17.8. The molecule has 0 bridgehead atoms. The summed E-state index contributed by atoms with van der Waals surface area (Å²) in [6.45, 7) is 3.84. The molecule has 0 aliphatic carbocycles. The second-order valence-corrected chi connectivity index (χ2v) is 5.17. The molecule has 1 heterocycles. The third kappa shape index (κ3) is 4.35. The number of carbonyl (C=O) groups is 1. The van der Waals surface area contributed by atoms with Gasteiger partial charge in [0.25, 0.3) is 0 Å². The van der Waals surface area contributed by atoms with Crippen molar-refractivity contribution in [1.82, 2.24) is 16.0 Å². The summed E-state index contributed by atoms with van der Waals surface area (Å²) in [5, 5.41) is 16.5. The van der Waals surface area contributed by atoms with Gasteiger partial charge in [-0.2, -0.15) is 0 Å². The molecule has 1 aromatic rings. The van der Waals surface area contributed by atoms with E-state index in [1.165, 1.54) is 0 Å². The molecule has 1 aliphatic rings. The quantitative estimate of drug-likeness (QED) is 0.480. The molecule has 1 saturated heterocycles. The van der Waals surface area contributed by atoms with Crippen LogP contribution in [-0.4, -0.2) is 24.3 Å². The van der Waals surface area contributed by atoms with Gasteiger partial charge in [0, 0.05) is 13.1 Å². The van der Waals surface area contributed by atoms with Crippen molar-refractivity contribution in [3.8, 4) is 0 Å². The van der Waals surface area contributed by atoms with Gasteiger partial charge in [0.2, 0.25) is 5.91 Å². The maximum Gasteiger partial charge on any atom is 0.237 e. The van der Waals surface area contributed by atoms with Crippen molar-refractivity contribution in [1.29, 1.82) is 5.41 Å². The van der Waals surface area contributed by atoms with E-state index in [0.29, 0.717) is 18.9 Å². The minimum absolute atomic E-state index is 0.0274. The molecule has 108 valence electrons. The number of hydrogen-bond acceptors (Lipinski definition) is 3. The van der Waals surface area contributed by atoms with E-state index in [2.05, 4.69) is 22.0 Å². The lowest BCUT2D eigenvalue weighted by Crippen LogP contribution is -2.40. The molecular weight excluding hydrogens is 252 g/mol. The molecule has 1 atom stereocenters. The number of benzene rings is 1. The monoisotopic (exact) mass is 274 g/mol. The van der Waals surface area contributed by atoms with Crippen molar-refractivity contribution < 1.29 is 4.79 Å². The van der Waals surface area contributed by atoms with Gasteiger partial charge in [0.1, 0.15) is 0 Å². The van der Waals surface area contributed by atoms with Crippen molar-refractivity contribution >= 4 is 11.7 Å². The lowest BCUT2D eigenvalue weighted by molar-refractivity contribution is -0.122. The average molecular weight is 274 g/mol. The van der Waals surface area contributed by atoms with E-state index in [0.717, 1.165) is 30.5 Å². The maximum atomic E-state index is 11.9. The van der Waals surface area contributed by atoms with Crippen LogP contribution in [0.1, 0.15) is 30.9 Å². The fraction of sp³-hybridized carbons (Fsp3) is 0.467. The van der Waals surface area contributed by atoms with E-state index in [1.54, 1.807) is 6.92 Å². The Morgan fingerprint density at radius 1 is 1.35 bits per heavy atom. The summed E-state index contributed by atoms with van der Waals surface area (Å²) in [6.07, 6.45) is 2.00. The van der Waals surface area contributed by atoms with Crippen molar-refractivity contribution in [2.45, 2.75) is 38.9 Å². The van der Waals surface area contributed by atoms with Crippen LogP contribution >= 0.6 is 0 Å². The Kier molecular flexibility index (Phi) is 5.12. The molecule has 0 saturated carbocycles. The molecule has 0 aromatic heterocycles. The smallest absolute Gasteiger partial charge is 0.237 e. The second-order valence-electron chi connectivity index (χ2n) is 5.17. The summed E-state index contributed by atoms with van der Waals surface area (Å²) in [6, 6.07) is 8.02. The SMILES string of the molecule is CC(=N)NCc1cccc(CNC(=O)[C@@H]2CCCN2)c1. The van der Waals surface area contributed by atoms with Crippen molar-refractivity contribution in [2.75, 3.05) is 6.54 Å². The topological polar surface area (TPSA) is 77.0 Å². The van der Waals surface area contributed by atoms with Crippen molar-refractivity contribution in [3.05, 3.63) is 35.4 Å². The van der Waals surface area contributed by atoms with E-state index in [9.17, 15) is 4.79 Å². The first-order chi connectivity index (χ1) is 9.65. The summed E-state index contributed by atoms with van der Waals surface area (Å²) in [4.78, 5) is 11.9. The van der Waals surface area contributed by atoms with Crippen LogP contribution < -0.4 is 16.0 Å². The van der Waals surface area contributed by atoms with Gasteiger partial charge in [-0.3, -0.25) is 10.2 Å². The lowest BCUT2D eigenvalue weighted by atomic mass is 10.1. The largest absolute Gasteiger partial charge is 0.370 e. The molecule has 4 N–H and O–H groups in total. The van der Waals surface area contributed by atoms with Gasteiger partial charge in [0.05, 0.1) is 11.9 Å². The Labute approximate surface area is 119 Å². The van der Waals surface area contributed by atoms with Crippen LogP contribution in [-0.2, 0) is 17.9 Å². The molecule has 0 radical (unpaired) electrons. The van der Waals surface area contributed by atoms with E-state index in [4.69, 9.17) is 5.41 Å². The Hall–Kier alpha value is -1.88. The van der Waals surface area contributed by atoms with Crippen molar-refractivity contribution in [2.24, 2.45) is 0 Å². The number of rotatable bonds is 5. The number of amidine groups is 1. The first-order valence-corrected chi connectivity index (χ1v) is 7.03. The molecule has 0 spiro atoms. The van der Waals surface area contributed by atoms with Gasteiger partial charge in [-0.25, -0.2) is 0 Å². The van der Waals surface area contributed by atoms with Gasteiger partial charge >= 0.3 is 0 Å². The van der Waals surface area contributed by atoms with Crippen LogP contribution in [0, 0.1) is 5.41 Å². The fourth-order valence-electron chi connectivity index (χ4n) is 2.30. The minimum Gasteiger partial charge on any atom is -0.370 e. The van der Waals surface area contributed by atoms with Gasteiger partial charge in [-0.05, 0) is 37.4 Å². The predicted molar refractivity (Wildman–Crippen MR) is 79.6 cm³/mol. The van der Waals surface area contributed by atoms with Gasteiger partial charge in [-0.15, -0.1) is 0 Å². The third-order valence-electron chi connectivity index (χ3n) is 3.39. The highest BCUT2D eigenvalue weighted by atomic mass is 16.2. The van der Waals surface area contributed by atoms with Gasteiger partial charge in [-0.1, -0.05) is 24.3 Å². The Morgan fingerprint density at radius 3 is 2.65 bits per heavy atom. The molecule has 1 fully saturated rings.